The number of halogens is 1. The number of aromatic nitrogens is 2. The Bertz CT molecular complexity index is 1190. The summed E-state index contributed by atoms with van der Waals surface area (Å²) in [5.41, 5.74) is 2.93. The van der Waals surface area contributed by atoms with Crippen molar-refractivity contribution in [1.29, 1.82) is 0 Å². The number of hydrogen-bond donors (Lipinski definition) is 2. The molecule has 1 amide bonds. The fraction of sp³-hybridized carbons (Fsp3) is 0.280. The van der Waals surface area contributed by atoms with Crippen molar-refractivity contribution >= 4 is 17.5 Å². The number of nitrogens with zero attached hydrogens (tertiary/aromatic N) is 2. The molecule has 1 aliphatic heterocycles. The van der Waals surface area contributed by atoms with Gasteiger partial charge in [-0.15, -0.1) is 0 Å². The Morgan fingerprint density at radius 2 is 2.09 bits per heavy atom. The Balaban J connectivity index is 1.86. The van der Waals surface area contributed by atoms with E-state index < -0.39 is 6.04 Å². The van der Waals surface area contributed by atoms with E-state index in [9.17, 15) is 9.90 Å². The minimum atomic E-state index is -0.409. The summed E-state index contributed by atoms with van der Waals surface area (Å²) in [6.07, 6.45) is 3.47. The number of phenolic OH excluding ortho intramolecular Hbond substituents is 1. The summed E-state index contributed by atoms with van der Waals surface area (Å²) in [6, 6.07) is 9.99. The minimum absolute atomic E-state index is 0.0395. The van der Waals surface area contributed by atoms with E-state index in [1.54, 1.807) is 25.3 Å². The third kappa shape index (κ3) is 4.16. The molecule has 1 aromatic heterocycles. The summed E-state index contributed by atoms with van der Waals surface area (Å²) in [4.78, 5) is 15.2. The standard InChI is InChI=1S/C25H26ClN3O4/c1-4-6-11-29-24(15-7-10-19(33-12-5-2)20(13-15)32-3)21-22(27-28-23(21)25(29)31)17-14-16(26)8-9-18(17)30/h5,7-10,13-14,24,30H,2,4,6,11-12H2,1,3H3,(H,27,28). The van der Waals surface area contributed by atoms with Crippen molar-refractivity contribution in [2.75, 3.05) is 20.3 Å². The van der Waals surface area contributed by atoms with E-state index in [1.807, 2.05) is 23.1 Å². The number of amides is 1. The Morgan fingerprint density at radius 1 is 1.27 bits per heavy atom. The number of hydrogen-bond acceptors (Lipinski definition) is 5. The maximum absolute atomic E-state index is 13.3. The lowest BCUT2D eigenvalue weighted by Gasteiger charge is -2.27. The molecule has 3 aromatic rings. The van der Waals surface area contributed by atoms with Crippen molar-refractivity contribution in [3.63, 3.8) is 0 Å². The van der Waals surface area contributed by atoms with E-state index in [0.29, 0.717) is 52.2 Å². The first-order valence-electron chi connectivity index (χ1n) is 10.8. The zero-order valence-corrected chi connectivity index (χ0v) is 19.4. The van der Waals surface area contributed by atoms with Crippen molar-refractivity contribution in [2.24, 2.45) is 0 Å². The molecular weight excluding hydrogens is 442 g/mol. The van der Waals surface area contributed by atoms with Gasteiger partial charge < -0.3 is 19.5 Å². The van der Waals surface area contributed by atoms with Crippen molar-refractivity contribution in [2.45, 2.75) is 25.8 Å². The molecule has 0 fully saturated rings. The smallest absolute Gasteiger partial charge is 0.273 e. The predicted molar refractivity (Wildman–Crippen MR) is 127 cm³/mol. The summed E-state index contributed by atoms with van der Waals surface area (Å²) in [5, 5.41) is 18.3. The first-order valence-corrected chi connectivity index (χ1v) is 11.2. The van der Waals surface area contributed by atoms with Gasteiger partial charge in [-0.05, 0) is 42.3 Å². The molecule has 0 radical (unpaired) electrons. The molecule has 2 aromatic carbocycles. The second kappa shape index (κ2) is 9.58. The van der Waals surface area contributed by atoms with Crippen molar-refractivity contribution in [3.05, 3.63) is 70.9 Å². The molecule has 0 aliphatic carbocycles. The van der Waals surface area contributed by atoms with Gasteiger partial charge >= 0.3 is 0 Å². The van der Waals surface area contributed by atoms with E-state index in [4.69, 9.17) is 21.1 Å². The number of H-pyrrole nitrogens is 1. The summed E-state index contributed by atoms with van der Waals surface area (Å²) in [5.74, 6) is 1.05. The van der Waals surface area contributed by atoms with Crippen LogP contribution in [0.1, 0.15) is 47.4 Å². The molecule has 1 atom stereocenters. The van der Waals surface area contributed by atoms with E-state index >= 15 is 0 Å². The fourth-order valence-electron chi connectivity index (χ4n) is 4.13. The quantitative estimate of drug-likeness (QED) is 0.414. The van der Waals surface area contributed by atoms with Crippen LogP contribution < -0.4 is 9.47 Å². The molecule has 0 spiro atoms. The molecule has 4 rings (SSSR count). The number of aromatic amines is 1. The maximum atomic E-state index is 13.3. The number of benzene rings is 2. The van der Waals surface area contributed by atoms with Crippen LogP contribution in [-0.2, 0) is 0 Å². The maximum Gasteiger partial charge on any atom is 0.273 e. The van der Waals surface area contributed by atoms with Crippen LogP contribution in [0.5, 0.6) is 17.2 Å². The molecule has 1 unspecified atom stereocenters. The Labute approximate surface area is 197 Å². The lowest BCUT2D eigenvalue weighted by Crippen LogP contribution is -2.30. The van der Waals surface area contributed by atoms with Gasteiger partial charge in [0.1, 0.15) is 23.7 Å². The van der Waals surface area contributed by atoms with Crippen LogP contribution in [0.25, 0.3) is 11.3 Å². The monoisotopic (exact) mass is 467 g/mol. The highest BCUT2D eigenvalue weighted by molar-refractivity contribution is 6.31. The predicted octanol–water partition coefficient (Wildman–Crippen LogP) is 5.35. The zero-order valence-electron chi connectivity index (χ0n) is 18.6. The van der Waals surface area contributed by atoms with Gasteiger partial charge in [0, 0.05) is 22.7 Å². The molecule has 0 bridgehead atoms. The highest BCUT2D eigenvalue weighted by Gasteiger charge is 2.42. The van der Waals surface area contributed by atoms with E-state index in [1.165, 1.54) is 6.07 Å². The number of fused-ring (bicyclic) bond motifs is 1. The number of rotatable bonds is 9. The molecule has 0 saturated carbocycles. The van der Waals surface area contributed by atoms with Crippen LogP contribution in [0.15, 0.2) is 49.1 Å². The van der Waals surface area contributed by atoms with Crippen LogP contribution in [0.4, 0.5) is 0 Å². The third-order valence-corrected chi connectivity index (χ3v) is 5.93. The second-order valence-corrected chi connectivity index (χ2v) is 8.22. The van der Waals surface area contributed by atoms with E-state index in [-0.39, 0.29) is 11.7 Å². The molecule has 1 aliphatic rings. The van der Waals surface area contributed by atoms with Crippen LogP contribution in [0, 0.1) is 0 Å². The van der Waals surface area contributed by atoms with Gasteiger partial charge in [0.15, 0.2) is 11.5 Å². The SMILES string of the molecule is C=CCOc1ccc(C2c3c(-c4cc(Cl)ccc4O)n[nH]c3C(=O)N2CCCC)cc1OC. The topological polar surface area (TPSA) is 87.7 Å². The van der Waals surface area contributed by atoms with Crippen molar-refractivity contribution < 1.29 is 19.4 Å². The summed E-state index contributed by atoms with van der Waals surface area (Å²) < 4.78 is 11.3. The second-order valence-electron chi connectivity index (χ2n) is 7.79. The van der Waals surface area contributed by atoms with Crippen LogP contribution in [0.2, 0.25) is 5.02 Å². The van der Waals surface area contributed by atoms with Gasteiger partial charge in [0.2, 0.25) is 0 Å². The number of unbranched alkanes of at least 4 members (excludes halogenated alkanes) is 1. The van der Waals surface area contributed by atoms with E-state index in [2.05, 4.69) is 23.7 Å². The summed E-state index contributed by atoms with van der Waals surface area (Å²) in [7, 11) is 1.58. The first-order chi connectivity index (χ1) is 16.0. The van der Waals surface area contributed by atoms with Crippen molar-refractivity contribution in [3.8, 4) is 28.5 Å². The van der Waals surface area contributed by atoms with Crippen molar-refractivity contribution in [1.82, 2.24) is 15.1 Å². The number of ether oxygens (including phenoxy) is 2. The van der Waals surface area contributed by atoms with Gasteiger partial charge in [0.05, 0.1) is 13.2 Å². The number of methoxy groups -OCH3 is 1. The summed E-state index contributed by atoms with van der Waals surface area (Å²) >= 11 is 6.20. The van der Waals surface area contributed by atoms with Gasteiger partial charge in [0.25, 0.3) is 5.91 Å². The average molecular weight is 468 g/mol. The van der Waals surface area contributed by atoms with Gasteiger partial charge in [-0.3, -0.25) is 9.89 Å². The number of phenols is 1. The van der Waals surface area contributed by atoms with Gasteiger partial charge in [-0.2, -0.15) is 5.10 Å². The molecule has 172 valence electrons. The number of nitrogens with one attached hydrogen (secondary N) is 1. The number of aromatic hydroxyl groups is 1. The fourth-order valence-corrected chi connectivity index (χ4v) is 4.30. The molecule has 0 saturated heterocycles. The Hall–Kier alpha value is -3.45. The molecule has 7 nitrogen and oxygen atoms in total. The number of carbonyl (C=O) groups excluding carboxylic acids is 1. The van der Waals surface area contributed by atoms with Crippen LogP contribution in [-0.4, -0.2) is 46.4 Å². The Kier molecular flexibility index (Phi) is 6.60. The molecule has 8 heteroatoms. The highest BCUT2D eigenvalue weighted by atomic mass is 35.5. The molecule has 33 heavy (non-hydrogen) atoms. The lowest BCUT2D eigenvalue weighted by atomic mass is 9.95. The average Bonchev–Trinajstić information content (AvgIpc) is 3.36. The van der Waals surface area contributed by atoms with Gasteiger partial charge in [-0.1, -0.05) is 43.7 Å². The van der Waals surface area contributed by atoms with E-state index in [0.717, 1.165) is 18.4 Å². The minimum Gasteiger partial charge on any atom is -0.507 e. The largest absolute Gasteiger partial charge is 0.507 e. The third-order valence-electron chi connectivity index (χ3n) is 5.69. The zero-order chi connectivity index (χ0) is 23.5. The summed E-state index contributed by atoms with van der Waals surface area (Å²) in [6.45, 7) is 6.70. The first kappa shape index (κ1) is 22.7. The Morgan fingerprint density at radius 3 is 2.82 bits per heavy atom. The number of carbonyl (C=O) groups is 1. The molecular formula is C25H26ClN3O4. The molecule has 2 heterocycles. The normalized spacial score (nSPS) is 14.9. The van der Waals surface area contributed by atoms with Crippen LogP contribution in [0.3, 0.4) is 0 Å². The molecule has 2 N–H and O–H groups in total. The highest BCUT2D eigenvalue weighted by Crippen LogP contribution is 2.46. The lowest BCUT2D eigenvalue weighted by molar-refractivity contribution is 0.0741. The van der Waals surface area contributed by atoms with Crippen LogP contribution >= 0.6 is 11.6 Å². The van der Waals surface area contributed by atoms with Gasteiger partial charge in [-0.25, -0.2) is 0 Å².